The molecule has 0 saturated carbocycles. The number of amides is 2. The van der Waals surface area contributed by atoms with Crippen LogP contribution in [-0.2, 0) is 12.8 Å². The first-order chi connectivity index (χ1) is 17.5. The molecule has 0 radical (unpaired) electrons. The fourth-order valence-electron chi connectivity index (χ4n) is 3.58. The van der Waals surface area contributed by atoms with Gasteiger partial charge in [-0.1, -0.05) is 18.2 Å². The van der Waals surface area contributed by atoms with Crippen LogP contribution in [0.25, 0.3) is 0 Å². The number of benzene rings is 2. The zero-order valence-electron chi connectivity index (χ0n) is 20.9. The first-order valence-electron chi connectivity index (χ1n) is 11.4. The van der Waals surface area contributed by atoms with Gasteiger partial charge >= 0.3 is 0 Å². The maximum absolute atomic E-state index is 12.6. The molecule has 0 bridgehead atoms. The standard InChI is InChI=1S/C27H31N3O6/c1-33-22-10-8-18(16-24(22)35-3)12-14-28-26(31)20-6-5-7-21(30-20)27(32)29-15-13-19-9-11-23(34-2)25(17-19)36-4/h5-11,16-17H,12-15H2,1-4H3,(H,28,31)(H,29,32). The van der Waals surface area contributed by atoms with E-state index in [0.717, 1.165) is 11.1 Å². The summed E-state index contributed by atoms with van der Waals surface area (Å²) < 4.78 is 21.1. The lowest BCUT2D eigenvalue weighted by Crippen LogP contribution is -2.29. The molecular formula is C27H31N3O6. The number of pyridine rings is 1. The van der Waals surface area contributed by atoms with Crippen molar-refractivity contribution in [1.82, 2.24) is 15.6 Å². The van der Waals surface area contributed by atoms with E-state index < -0.39 is 0 Å². The molecule has 3 rings (SSSR count). The Morgan fingerprint density at radius 2 is 1.06 bits per heavy atom. The van der Waals surface area contributed by atoms with Crippen molar-refractivity contribution in [3.63, 3.8) is 0 Å². The number of rotatable bonds is 12. The molecule has 1 aromatic heterocycles. The number of carbonyl (C=O) groups is 2. The summed E-state index contributed by atoms with van der Waals surface area (Å²) in [6.45, 7) is 0.801. The Hall–Kier alpha value is -4.27. The van der Waals surface area contributed by atoms with Gasteiger partial charge in [0.05, 0.1) is 28.4 Å². The van der Waals surface area contributed by atoms with Crippen LogP contribution in [0, 0.1) is 0 Å². The van der Waals surface area contributed by atoms with Crippen molar-refractivity contribution in [2.24, 2.45) is 0 Å². The highest BCUT2D eigenvalue weighted by molar-refractivity contribution is 5.96. The molecule has 0 fully saturated rings. The molecule has 2 N–H and O–H groups in total. The fourth-order valence-corrected chi connectivity index (χ4v) is 3.58. The number of hydrogen-bond acceptors (Lipinski definition) is 7. The van der Waals surface area contributed by atoms with E-state index in [-0.39, 0.29) is 23.2 Å². The van der Waals surface area contributed by atoms with Crippen molar-refractivity contribution in [3.8, 4) is 23.0 Å². The van der Waals surface area contributed by atoms with Crippen molar-refractivity contribution < 1.29 is 28.5 Å². The second-order valence-corrected chi connectivity index (χ2v) is 7.80. The third-order valence-corrected chi connectivity index (χ3v) is 5.51. The lowest BCUT2D eigenvalue weighted by Gasteiger charge is -2.11. The Balaban J connectivity index is 1.51. The summed E-state index contributed by atoms with van der Waals surface area (Å²) in [6.07, 6.45) is 1.20. The largest absolute Gasteiger partial charge is 0.493 e. The van der Waals surface area contributed by atoms with Gasteiger partial charge in [-0.25, -0.2) is 4.98 Å². The molecule has 2 amide bonds. The van der Waals surface area contributed by atoms with E-state index >= 15 is 0 Å². The molecule has 190 valence electrons. The number of carbonyl (C=O) groups excluding carboxylic acids is 2. The summed E-state index contributed by atoms with van der Waals surface area (Å²) in [5, 5.41) is 5.67. The smallest absolute Gasteiger partial charge is 0.269 e. The van der Waals surface area contributed by atoms with Crippen LogP contribution in [-0.4, -0.2) is 58.3 Å². The maximum atomic E-state index is 12.6. The highest BCUT2D eigenvalue weighted by Gasteiger charge is 2.13. The highest BCUT2D eigenvalue weighted by Crippen LogP contribution is 2.28. The van der Waals surface area contributed by atoms with Crippen LogP contribution >= 0.6 is 0 Å². The first-order valence-corrected chi connectivity index (χ1v) is 11.4. The molecule has 2 aromatic carbocycles. The van der Waals surface area contributed by atoms with Gasteiger partial charge in [0.1, 0.15) is 11.4 Å². The minimum absolute atomic E-state index is 0.176. The zero-order chi connectivity index (χ0) is 25.9. The predicted octanol–water partition coefficient (Wildman–Crippen LogP) is 3.06. The minimum Gasteiger partial charge on any atom is -0.493 e. The maximum Gasteiger partial charge on any atom is 0.269 e. The molecule has 0 aliphatic carbocycles. The molecule has 0 saturated heterocycles. The Morgan fingerprint density at radius 1 is 0.639 bits per heavy atom. The second kappa shape index (κ2) is 13.0. The van der Waals surface area contributed by atoms with Crippen LogP contribution in [0.15, 0.2) is 54.6 Å². The summed E-state index contributed by atoms with van der Waals surface area (Å²) in [5.74, 6) is 1.85. The van der Waals surface area contributed by atoms with E-state index in [0.29, 0.717) is 48.9 Å². The molecule has 3 aromatic rings. The molecule has 0 atom stereocenters. The quantitative estimate of drug-likeness (QED) is 0.399. The van der Waals surface area contributed by atoms with Gasteiger partial charge in [0.2, 0.25) is 0 Å². The van der Waals surface area contributed by atoms with Gasteiger partial charge in [0, 0.05) is 13.1 Å². The van der Waals surface area contributed by atoms with E-state index in [1.807, 2.05) is 36.4 Å². The predicted molar refractivity (Wildman–Crippen MR) is 135 cm³/mol. The molecule has 0 aliphatic rings. The number of aromatic nitrogens is 1. The number of nitrogens with zero attached hydrogens (tertiary/aromatic N) is 1. The topological polar surface area (TPSA) is 108 Å². The summed E-state index contributed by atoms with van der Waals surface area (Å²) in [5.41, 5.74) is 2.33. The molecule has 1 heterocycles. The number of hydrogen-bond donors (Lipinski definition) is 2. The lowest BCUT2D eigenvalue weighted by atomic mass is 10.1. The van der Waals surface area contributed by atoms with Crippen LogP contribution in [0.1, 0.15) is 32.1 Å². The van der Waals surface area contributed by atoms with Gasteiger partial charge in [-0.05, 0) is 60.4 Å². The van der Waals surface area contributed by atoms with E-state index in [4.69, 9.17) is 18.9 Å². The summed E-state index contributed by atoms with van der Waals surface area (Å²) >= 11 is 0. The Labute approximate surface area is 210 Å². The van der Waals surface area contributed by atoms with Crippen molar-refractivity contribution >= 4 is 11.8 Å². The van der Waals surface area contributed by atoms with Gasteiger partial charge in [0.15, 0.2) is 23.0 Å². The molecular weight excluding hydrogens is 462 g/mol. The minimum atomic E-state index is -0.351. The lowest BCUT2D eigenvalue weighted by molar-refractivity contribution is 0.0945. The van der Waals surface area contributed by atoms with E-state index in [1.165, 1.54) is 0 Å². The Bertz CT molecular complexity index is 1110. The molecule has 9 heteroatoms. The van der Waals surface area contributed by atoms with Gasteiger partial charge in [-0.2, -0.15) is 0 Å². The molecule has 0 spiro atoms. The summed E-state index contributed by atoms with van der Waals surface area (Å²) in [6, 6.07) is 16.0. The fraction of sp³-hybridized carbons (Fsp3) is 0.296. The van der Waals surface area contributed by atoms with E-state index in [9.17, 15) is 9.59 Å². The van der Waals surface area contributed by atoms with Gasteiger partial charge < -0.3 is 29.6 Å². The second-order valence-electron chi connectivity index (χ2n) is 7.80. The third-order valence-electron chi connectivity index (χ3n) is 5.51. The van der Waals surface area contributed by atoms with Gasteiger partial charge in [-0.15, -0.1) is 0 Å². The number of nitrogens with one attached hydrogen (secondary N) is 2. The average Bonchev–Trinajstić information content (AvgIpc) is 2.92. The third kappa shape index (κ3) is 6.88. The van der Waals surface area contributed by atoms with Crippen molar-refractivity contribution in [2.75, 3.05) is 41.5 Å². The molecule has 9 nitrogen and oxygen atoms in total. The molecule has 36 heavy (non-hydrogen) atoms. The Kier molecular flexibility index (Phi) is 9.50. The zero-order valence-corrected chi connectivity index (χ0v) is 20.9. The van der Waals surface area contributed by atoms with Crippen LogP contribution in [0.3, 0.4) is 0 Å². The summed E-state index contributed by atoms with van der Waals surface area (Å²) in [7, 11) is 6.32. The van der Waals surface area contributed by atoms with Gasteiger partial charge in [0.25, 0.3) is 11.8 Å². The molecule has 0 unspecified atom stereocenters. The monoisotopic (exact) mass is 493 g/mol. The molecule has 0 aliphatic heterocycles. The van der Waals surface area contributed by atoms with E-state index in [2.05, 4.69) is 15.6 Å². The van der Waals surface area contributed by atoms with Crippen LogP contribution in [0.2, 0.25) is 0 Å². The average molecular weight is 494 g/mol. The highest BCUT2D eigenvalue weighted by atomic mass is 16.5. The number of ether oxygens (including phenoxy) is 4. The van der Waals surface area contributed by atoms with Crippen LogP contribution < -0.4 is 29.6 Å². The number of methoxy groups -OCH3 is 4. The van der Waals surface area contributed by atoms with Crippen molar-refractivity contribution in [1.29, 1.82) is 0 Å². The van der Waals surface area contributed by atoms with Crippen molar-refractivity contribution in [3.05, 3.63) is 77.1 Å². The summed E-state index contributed by atoms with van der Waals surface area (Å²) in [4.78, 5) is 29.4. The normalized spacial score (nSPS) is 10.3. The first kappa shape index (κ1) is 26.3. The van der Waals surface area contributed by atoms with Gasteiger partial charge in [-0.3, -0.25) is 9.59 Å². The van der Waals surface area contributed by atoms with E-state index in [1.54, 1.807) is 46.6 Å². The Morgan fingerprint density at radius 3 is 1.44 bits per heavy atom. The SMILES string of the molecule is COc1ccc(CCNC(=O)c2cccc(C(=O)NCCc3ccc(OC)c(OC)c3)n2)cc1OC. The van der Waals surface area contributed by atoms with Crippen LogP contribution in [0.5, 0.6) is 23.0 Å². The van der Waals surface area contributed by atoms with Crippen molar-refractivity contribution in [2.45, 2.75) is 12.8 Å². The van der Waals surface area contributed by atoms with Crippen LogP contribution in [0.4, 0.5) is 0 Å².